The quantitative estimate of drug-likeness (QED) is 0.725. The molecule has 0 spiro atoms. The zero-order chi connectivity index (χ0) is 12.7. The summed E-state index contributed by atoms with van der Waals surface area (Å²) in [6, 6.07) is 9.99. The molecule has 0 saturated heterocycles. The molecule has 0 fully saturated rings. The van der Waals surface area contributed by atoms with E-state index < -0.39 is 0 Å². The van der Waals surface area contributed by atoms with E-state index in [0.29, 0.717) is 5.75 Å². The van der Waals surface area contributed by atoms with E-state index in [0.717, 1.165) is 5.75 Å². The fraction of sp³-hybridized carbons (Fsp3) is 0.385. The number of hydrogen-bond acceptors (Lipinski definition) is 3. The third-order valence-electron chi connectivity index (χ3n) is 2.22. The average Bonchev–Trinajstić information content (AvgIpc) is 2.30. The van der Waals surface area contributed by atoms with Gasteiger partial charge in [-0.3, -0.25) is 9.59 Å². The number of benzene rings is 1. The summed E-state index contributed by atoms with van der Waals surface area (Å²) in [4.78, 5) is 24.2. The molecule has 92 valence electrons. The van der Waals surface area contributed by atoms with Crippen molar-refractivity contribution in [3.8, 4) is 0 Å². The minimum Gasteiger partial charge on any atom is -0.348 e. The van der Waals surface area contributed by atoms with Gasteiger partial charge in [-0.15, -0.1) is 11.8 Å². The lowest BCUT2D eigenvalue weighted by Gasteiger charge is -2.08. The van der Waals surface area contributed by atoms with Crippen LogP contribution in [0.2, 0.25) is 0 Å². The fourth-order valence-corrected chi connectivity index (χ4v) is 2.09. The van der Waals surface area contributed by atoms with Gasteiger partial charge in [-0.1, -0.05) is 30.3 Å². The second-order valence-corrected chi connectivity index (χ2v) is 4.97. The summed E-state index contributed by atoms with van der Waals surface area (Å²) in [6.45, 7) is 0. The molecule has 17 heavy (non-hydrogen) atoms. The summed E-state index contributed by atoms with van der Waals surface area (Å²) in [6.07, 6.45) is 0.00872. The maximum atomic E-state index is 11.5. The lowest BCUT2D eigenvalue weighted by Crippen LogP contribution is -2.24. The lowest BCUT2D eigenvalue weighted by molar-refractivity contribution is -0.132. The highest BCUT2D eigenvalue weighted by molar-refractivity contribution is 7.99. The summed E-state index contributed by atoms with van der Waals surface area (Å²) >= 11 is 1.55. The van der Waals surface area contributed by atoms with Crippen molar-refractivity contribution in [2.24, 2.45) is 0 Å². The standard InChI is InChI=1S/C13H17NO2S/c1-14(2)13(16)8-12(15)10-17-9-11-6-4-3-5-7-11/h3-7H,8-10H2,1-2H3. The van der Waals surface area contributed by atoms with Gasteiger partial charge in [0.1, 0.15) is 0 Å². The minimum atomic E-state index is -0.129. The maximum Gasteiger partial charge on any atom is 0.229 e. The van der Waals surface area contributed by atoms with Gasteiger partial charge in [0.25, 0.3) is 0 Å². The highest BCUT2D eigenvalue weighted by Gasteiger charge is 2.10. The largest absolute Gasteiger partial charge is 0.348 e. The summed E-state index contributed by atoms with van der Waals surface area (Å²) in [5.74, 6) is 1.07. The molecule has 0 aliphatic heterocycles. The van der Waals surface area contributed by atoms with Crippen molar-refractivity contribution in [2.45, 2.75) is 12.2 Å². The monoisotopic (exact) mass is 251 g/mol. The molecular formula is C13H17NO2S. The summed E-state index contributed by atoms with van der Waals surface area (Å²) in [5.41, 5.74) is 1.20. The Bertz CT molecular complexity index is 376. The molecule has 0 N–H and O–H groups in total. The van der Waals surface area contributed by atoms with Crippen molar-refractivity contribution in [1.82, 2.24) is 4.90 Å². The van der Waals surface area contributed by atoms with Gasteiger partial charge in [0.05, 0.1) is 12.2 Å². The van der Waals surface area contributed by atoms with Crippen molar-refractivity contribution >= 4 is 23.5 Å². The van der Waals surface area contributed by atoms with E-state index in [1.165, 1.54) is 10.5 Å². The lowest BCUT2D eigenvalue weighted by atomic mass is 10.2. The number of rotatable bonds is 6. The Morgan fingerprint density at radius 3 is 2.41 bits per heavy atom. The number of nitrogens with zero attached hydrogens (tertiary/aromatic N) is 1. The number of carbonyl (C=O) groups excluding carboxylic acids is 2. The Morgan fingerprint density at radius 1 is 1.18 bits per heavy atom. The molecule has 0 radical (unpaired) electrons. The van der Waals surface area contributed by atoms with E-state index in [9.17, 15) is 9.59 Å². The molecular weight excluding hydrogens is 234 g/mol. The van der Waals surface area contributed by atoms with Crippen LogP contribution in [0.4, 0.5) is 0 Å². The molecule has 3 nitrogen and oxygen atoms in total. The molecule has 1 amide bonds. The molecule has 0 saturated carbocycles. The first-order valence-corrected chi connectivity index (χ1v) is 6.58. The van der Waals surface area contributed by atoms with E-state index in [1.807, 2.05) is 30.3 Å². The molecule has 0 unspecified atom stereocenters. The van der Waals surface area contributed by atoms with Gasteiger partial charge >= 0.3 is 0 Å². The van der Waals surface area contributed by atoms with Gasteiger partial charge < -0.3 is 4.90 Å². The molecule has 1 aromatic rings. The Hall–Kier alpha value is -1.29. The third-order valence-corrected chi connectivity index (χ3v) is 3.29. The van der Waals surface area contributed by atoms with Crippen LogP contribution >= 0.6 is 11.8 Å². The maximum absolute atomic E-state index is 11.5. The van der Waals surface area contributed by atoms with Crippen LogP contribution < -0.4 is 0 Å². The fourth-order valence-electron chi connectivity index (χ4n) is 1.23. The molecule has 0 aliphatic carbocycles. The summed E-state index contributed by atoms with van der Waals surface area (Å²) < 4.78 is 0. The Morgan fingerprint density at radius 2 is 1.82 bits per heavy atom. The van der Waals surface area contributed by atoms with Gasteiger partial charge in [-0.25, -0.2) is 0 Å². The third kappa shape index (κ3) is 5.54. The topological polar surface area (TPSA) is 37.4 Å². The van der Waals surface area contributed by atoms with Crippen LogP contribution in [0.5, 0.6) is 0 Å². The number of amides is 1. The number of carbonyl (C=O) groups is 2. The van der Waals surface area contributed by atoms with Gasteiger partial charge in [0.2, 0.25) is 5.91 Å². The number of thioether (sulfide) groups is 1. The van der Waals surface area contributed by atoms with Gasteiger partial charge in [0, 0.05) is 19.8 Å². The van der Waals surface area contributed by atoms with E-state index >= 15 is 0 Å². The van der Waals surface area contributed by atoms with Crippen molar-refractivity contribution in [2.75, 3.05) is 19.8 Å². The van der Waals surface area contributed by atoms with Crippen molar-refractivity contribution in [3.63, 3.8) is 0 Å². The number of hydrogen-bond donors (Lipinski definition) is 0. The molecule has 1 aromatic carbocycles. The first-order valence-electron chi connectivity index (χ1n) is 5.43. The van der Waals surface area contributed by atoms with Crippen LogP contribution in [0.3, 0.4) is 0 Å². The average molecular weight is 251 g/mol. The molecule has 0 atom stereocenters. The smallest absolute Gasteiger partial charge is 0.229 e. The van der Waals surface area contributed by atoms with Crippen molar-refractivity contribution < 1.29 is 9.59 Å². The first kappa shape index (κ1) is 13.8. The van der Waals surface area contributed by atoms with Crippen LogP contribution in [0, 0.1) is 0 Å². The van der Waals surface area contributed by atoms with E-state index in [-0.39, 0.29) is 18.1 Å². The second kappa shape index (κ2) is 7.12. The summed E-state index contributed by atoms with van der Waals surface area (Å²) in [7, 11) is 3.32. The van der Waals surface area contributed by atoms with Gasteiger partial charge in [-0.2, -0.15) is 0 Å². The van der Waals surface area contributed by atoms with Crippen molar-refractivity contribution in [3.05, 3.63) is 35.9 Å². The molecule has 1 rings (SSSR count). The molecule has 0 aliphatic rings. The van der Waals surface area contributed by atoms with Crippen LogP contribution in [-0.2, 0) is 15.3 Å². The van der Waals surface area contributed by atoms with Crippen LogP contribution in [0.15, 0.2) is 30.3 Å². The SMILES string of the molecule is CN(C)C(=O)CC(=O)CSCc1ccccc1. The van der Waals surface area contributed by atoms with E-state index in [1.54, 1.807) is 25.9 Å². The molecule has 0 heterocycles. The predicted molar refractivity (Wildman–Crippen MR) is 70.9 cm³/mol. The van der Waals surface area contributed by atoms with Gasteiger partial charge in [-0.05, 0) is 5.56 Å². The van der Waals surface area contributed by atoms with Gasteiger partial charge in [0.15, 0.2) is 5.78 Å². The van der Waals surface area contributed by atoms with Crippen molar-refractivity contribution in [1.29, 1.82) is 0 Å². The first-order chi connectivity index (χ1) is 8.09. The molecule has 4 heteroatoms. The highest BCUT2D eigenvalue weighted by atomic mass is 32.2. The highest BCUT2D eigenvalue weighted by Crippen LogP contribution is 2.12. The van der Waals surface area contributed by atoms with Crippen LogP contribution in [-0.4, -0.2) is 36.4 Å². The normalized spacial score (nSPS) is 10.0. The molecule has 0 aromatic heterocycles. The Kier molecular flexibility index (Phi) is 5.77. The van der Waals surface area contributed by atoms with E-state index in [4.69, 9.17) is 0 Å². The minimum absolute atomic E-state index is 0.00872. The van der Waals surface area contributed by atoms with Crippen LogP contribution in [0.25, 0.3) is 0 Å². The van der Waals surface area contributed by atoms with E-state index in [2.05, 4.69) is 0 Å². The Labute approximate surface area is 106 Å². The summed E-state index contributed by atoms with van der Waals surface area (Å²) in [5, 5.41) is 0. The number of Topliss-reactive ketones (excluding diaryl/α,β-unsaturated/α-hetero) is 1. The number of ketones is 1. The molecule has 0 bridgehead atoms. The zero-order valence-electron chi connectivity index (χ0n) is 10.2. The second-order valence-electron chi connectivity index (χ2n) is 3.98. The Balaban J connectivity index is 2.23. The zero-order valence-corrected chi connectivity index (χ0v) is 11.0. The van der Waals surface area contributed by atoms with Crippen LogP contribution in [0.1, 0.15) is 12.0 Å². The predicted octanol–water partition coefficient (Wildman–Crippen LogP) is 1.97.